The third-order valence-electron chi connectivity index (χ3n) is 3.99. The lowest BCUT2D eigenvalue weighted by molar-refractivity contribution is 0.380. The second-order valence-corrected chi connectivity index (χ2v) is 7.02. The predicted molar refractivity (Wildman–Crippen MR) is 131 cm³/mol. The summed E-state index contributed by atoms with van der Waals surface area (Å²) in [5.74, 6) is 1.80. The Kier molecular flexibility index (Phi) is 10.3. The smallest absolute Gasteiger partial charge is 0.228 e. The van der Waals surface area contributed by atoms with E-state index in [1.54, 1.807) is 24.4 Å². The van der Waals surface area contributed by atoms with Gasteiger partial charge in [0.15, 0.2) is 5.96 Å². The zero-order valence-corrected chi connectivity index (χ0v) is 20.3. The van der Waals surface area contributed by atoms with E-state index < -0.39 is 0 Å². The van der Waals surface area contributed by atoms with Crippen molar-refractivity contribution in [3.8, 4) is 11.4 Å². The van der Waals surface area contributed by atoms with E-state index in [0.29, 0.717) is 34.9 Å². The van der Waals surface area contributed by atoms with Crippen LogP contribution >= 0.6 is 47.2 Å². The maximum atomic E-state index is 6.01. The number of pyridine rings is 1. The molecule has 0 fully saturated rings. The predicted octanol–water partition coefficient (Wildman–Crippen LogP) is 4.40. The molecule has 7 nitrogen and oxygen atoms in total. The van der Waals surface area contributed by atoms with Crippen LogP contribution in [0.2, 0.25) is 10.2 Å². The number of guanidine groups is 1. The molecule has 0 amide bonds. The summed E-state index contributed by atoms with van der Waals surface area (Å²) in [6, 6.07) is 11.1. The van der Waals surface area contributed by atoms with Gasteiger partial charge in [-0.15, -0.1) is 24.0 Å². The molecule has 0 aliphatic carbocycles. The van der Waals surface area contributed by atoms with Crippen LogP contribution in [0.4, 0.5) is 0 Å². The lowest BCUT2D eigenvalue weighted by Gasteiger charge is -2.11. The highest BCUT2D eigenvalue weighted by Gasteiger charge is 2.09. The van der Waals surface area contributed by atoms with E-state index in [-0.39, 0.29) is 24.0 Å². The standard InChI is InChI=1S/C20H22Cl2N6O.HI/c1-2-23-20(24-10-8-14-6-7-17(22)26-13-14)25-11-9-18-27-19(28-29-18)15-4-3-5-16(21)12-15;/h3-7,12-13H,2,8-11H2,1H3,(H2,23,24,25);1H. The Morgan fingerprint density at radius 2 is 2.00 bits per heavy atom. The fourth-order valence-corrected chi connectivity index (χ4v) is 2.89. The molecule has 2 heterocycles. The minimum atomic E-state index is 0. The van der Waals surface area contributed by atoms with E-state index in [0.717, 1.165) is 36.6 Å². The van der Waals surface area contributed by atoms with Gasteiger partial charge in [-0.25, -0.2) is 4.98 Å². The van der Waals surface area contributed by atoms with Gasteiger partial charge >= 0.3 is 0 Å². The molecular formula is C20H23Cl2IN6O. The molecule has 160 valence electrons. The van der Waals surface area contributed by atoms with Gasteiger partial charge in [-0.05, 0) is 37.1 Å². The van der Waals surface area contributed by atoms with Crippen LogP contribution < -0.4 is 10.6 Å². The summed E-state index contributed by atoms with van der Waals surface area (Å²) < 4.78 is 5.32. The van der Waals surface area contributed by atoms with Crippen LogP contribution in [0.15, 0.2) is 52.1 Å². The SMILES string of the molecule is CCNC(=NCCc1nc(-c2cccc(Cl)c2)no1)NCCc1ccc(Cl)nc1.I. The van der Waals surface area contributed by atoms with Gasteiger partial charge in [0.2, 0.25) is 11.7 Å². The highest BCUT2D eigenvalue weighted by Crippen LogP contribution is 2.19. The van der Waals surface area contributed by atoms with E-state index >= 15 is 0 Å². The monoisotopic (exact) mass is 560 g/mol. The van der Waals surface area contributed by atoms with Crippen LogP contribution in [0, 0.1) is 0 Å². The molecule has 0 unspecified atom stereocenters. The Balaban J connectivity index is 0.00000320. The Bertz CT molecular complexity index is 948. The lowest BCUT2D eigenvalue weighted by Crippen LogP contribution is -2.38. The van der Waals surface area contributed by atoms with Crippen molar-refractivity contribution in [2.24, 2.45) is 4.99 Å². The van der Waals surface area contributed by atoms with Gasteiger partial charge in [-0.3, -0.25) is 4.99 Å². The first-order chi connectivity index (χ1) is 14.1. The molecule has 10 heteroatoms. The van der Waals surface area contributed by atoms with Crippen LogP contribution in [0.1, 0.15) is 18.4 Å². The van der Waals surface area contributed by atoms with Gasteiger partial charge in [0.25, 0.3) is 0 Å². The van der Waals surface area contributed by atoms with Crippen LogP contribution in [-0.2, 0) is 12.8 Å². The molecule has 0 saturated heterocycles. The van der Waals surface area contributed by atoms with Crippen molar-refractivity contribution in [2.45, 2.75) is 19.8 Å². The summed E-state index contributed by atoms with van der Waals surface area (Å²) in [6.45, 7) is 4.05. The molecule has 30 heavy (non-hydrogen) atoms. The second kappa shape index (κ2) is 12.7. The molecule has 3 rings (SSSR count). The summed E-state index contributed by atoms with van der Waals surface area (Å²) in [6.07, 6.45) is 3.15. The summed E-state index contributed by atoms with van der Waals surface area (Å²) in [4.78, 5) is 13.1. The van der Waals surface area contributed by atoms with Crippen LogP contribution in [0.3, 0.4) is 0 Å². The molecule has 0 bridgehead atoms. The first-order valence-corrected chi connectivity index (χ1v) is 10.1. The summed E-state index contributed by atoms with van der Waals surface area (Å²) in [7, 11) is 0. The van der Waals surface area contributed by atoms with Gasteiger partial charge in [-0.1, -0.05) is 46.6 Å². The molecule has 0 aliphatic heterocycles. The fourth-order valence-electron chi connectivity index (χ4n) is 2.59. The van der Waals surface area contributed by atoms with Gasteiger partial charge in [0.05, 0.1) is 6.54 Å². The second-order valence-electron chi connectivity index (χ2n) is 6.20. The van der Waals surface area contributed by atoms with E-state index in [1.807, 2.05) is 25.1 Å². The highest BCUT2D eigenvalue weighted by molar-refractivity contribution is 14.0. The molecule has 0 aliphatic rings. The summed E-state index contributed by atoms with van der Waals surface area (Å²) in [5.41, 5.74) is 1.93. The molecule has 0 spiro atoms. The fraction of sp³-hybridized carbons (Fsp3) is 0.300. The number of benzene rings is 1. The first-order valence-electron chi connectivity index (χ1n) is 9.35. The molecule has 0 saturated carbocycles. The van der Waals surface area contributed by atoms with E-state index in [2.05, 4.69) is 30.8 Å². The first kappa shape index (κ1) is 24.4. The van der Waals surface area contributed by atoms with Crippen molar-refractivity contribution in [1.82, 2.24) is 25.8 Å². The summed E-state index contributed by atoms with van der Waals surface area (Å²) in [5, 5.41) is 11.7. The largest absolute Gasteiger partial charge is 0.357 e. The third-order valence-corrected chi connectivity index (χ3v) is 4.44. The van der Waals surface area contributed by atoms with Gasteiger partial charge in [0.1, 0.15) is 5.15 Å². The van der Waals surface area contributed by atoms with Crippen LogP contribution in [0.25, 0.3) is 11.4 Å². The average Bonchev–Trinajstić information content (AvgIpc) is 3.18. The van der Waals surface area contributed by atoms with Crippen molar-refractivity contribution < 1.29 is 4.52 Å². The quantitative estimate of drug-likeness (QED) is 0.184. The minimum absolute atomic E-state index is 0. The topological polar surface area (TPSA) is 88.2 Å². The van der Waals surface area contributed by atoms with E-state index in [1.165, 1.54) is 0 Å². The van der Waals surface area contributed by atoms with Crippen LogP contribution in [0.5, 0.6) is 0 Å². The molecular weight excluding hydrogens is 538 g/mol. The van der Waals surface area contributed by atoms with Gasteiger partial charge in [-0.2, -0.15) is 4.98 Å². The normalized spacial score (nSPS) is 11.1. The zero-order chi connectivity index (χ0) is 20.5. The molecule has 0 radical (unpaired) electrons. The number of aliphatic imine (C=N–C) groups is 1. The summed E-state index contributed by atoms with van der Waals surface area (Å²) >= 11 is 11.8. The van der Waals surface area contributed by atoms with Crippen molar-refractivity contribution in [1.29, 1.82) is 0 Å². The number of nitrogens with zero attached hydrogens (tertiary/aromatic N) is 4. The van der Waals surface area contributed by atoms with Crippen molar-refractivity contribution >= 4 is 53.1 Å². The number of nitrogens with one attached hydrogen (secondary N) is 2. The molecule has 1 aromatic carbocycles. The number of rotatable bonds is 8. The van der Waals surface area contributed by atoms with Gasteiger partial charge < -0.3 is 15.2 Å². The lowest BCUT2D eigenvalue weighted by atomic mass is 10.2. The maximum absolute atomic E-state index is 6.01. The van der Waals surface area contributed by atoms with E-state index in [9.17, 15) is 0 Å². The number of hydrogen-bond donors (Lipinski definition) is 2. The van der Waals surface area contributed by atoms with Crippen molar-refractivity contribution in [3.05, 3.63) is 64.2 Å². The zero-order valence-electron chi connectivity index (χ0n) is 16.4. The average molecular weight is 561 g/mol. The minimum Gasteiger partial charge on any atom is -0.357 e. The Labute approximate surface area is 202 Å². The van der Waals surface area contributed by atoms with E-state index in [4.69, 9.17) is 27.7 Å². The number of aromatic nitrogens is 3. The van der Waals surface area contributed by atoms with Crippen molar-refractivity contribution in [3.63, 3.8) is 0 Å². The van der Waals surface area contributed by atoms with Crippen LogP contribution in [-0.4, -0.2) is 40.7 Å². The Morgan fingerprint density at radius 3 is 2.73 bits per heavy atom. The molecule has 2 N–H and O–H groups in total. The number of hydrogen-bond acceptors (Lipinski definition) is 5. The third kappa shape index (κ3) is 7.73. The number of halogens is 3. The molecule has 0 atom stereocenters. The Hall–Kier alpha value is -1.91. The van der Waals surface area contributed by atoms with Crippen molar-refractivity contribution in [2.75, 3.05) is 19.6 Å². The highest BCUT2D eigenvalue weighted by atomic mass is 127. The Morgan fingerprint density at radius 1 is 1.13 bits per heavy atom. The molecule has 2 aromatic heterocycles. The maximum Gasteiger partial charge on any atom is 0.228 e. The van der Waals surface area contributed by atoms with Gasteiger partial charge in [0, 0.05) is 36.3 Å². The molecule has 3 aromatic rings.